The summed E-state index contributed by atoms with van der Waals surface area (Å²) in [5, 5.41) is 11.2. The average molecular weight is 571 g/mol. The number of para-hydroxylation sites is 1. The maximum atomic E-state index is 13.1. The Morgan fingerprint density at radius 3 is 2.30 bits per heavy atom. The van der Waals surface area contributed by atoms with Crippen molar-refractivity contribution in [1.82, 2.24) is 21.3 Å². The van der Waals surface area contributed by atoms with Crippen molar-refractivity contribution in [2.45, 2.75) is 71.6 Å². The van der Waals surface area contributed by atoms with E-state index < -0.39 is 35.7 Å². The number of ketones is 1. The molecule has 0 saturated heterocycles. The minimum absolute atomic E-state index is 0.0502. The largest absolute Gasteiger partial charge is 0.491 e. The first-order valence-electron chi connectivity index (χ1n) is 13.8. The molecule has 0 aliphatic heterocycles. The number of halogens is 1. The van der Waals surface area contributed by atoms with Crippen LogP contribution in [-0.2, 0) is 27.5 Å². The number of Topliss-reactive ketones (excluding diaryl/α,β-unsaturated/α-hetero) is 1. The van der Waals surface area contributed by atoms with Gasteiger partial charge in [-0.2, -0.15) is 0 Å². The van der Waals surface area contributed by atoms with Crippen molar-refractivity contribution in [3.63, 3.8) is 0 Å². The summed E-state index contributed by atoms with van der Waals surface area (Å²) in [5.74, 6) is -1.000. The highest BCUT2D eigenvalue weighted by Crippen LogP contribution is 2.33. The smallest absolute Gasteiger partial charge is 0.315 e. The Balaban J connectivity index is 1.55. The second-order valence-electron chi connectivity index (χ2n) is 10.5. The van der Waals surface area contributed by atoms with Crippen LogP contribution < -0.4 is 26.0 Å². The van der Waals surface area contributed by atoms with Crippen LogP contribution >= 0.6 is 11.6 Å². The average Bonchev–Trinajstić information content (AvgIpc) is 3.77. The SMILES string of the molecule is CCC(NC(=O)C(CC(C)C)NC(=O)NCc1ccccc1)C(=O)C(=O)NCc1cccc(Cl)c1OCC1CC1. The Morgan fingerprint density at radius 2 is 1.65 bits per heavy atom. The fourth-order valence-electron chi connectivity index (χ4n) is 4.08. The van der Waals surface area contributed by atoms with Gasteiger partial charge in [0, 0.05) is 18.7 Å². The van der Waals surface area contributed by atoms with E-state index in [0.29, 0.717) is 41.8 Å². The first kappa shape index (κ1) is 30.9. The van der Waals surface area contributed by atoms with Crippen molar-refractivity contribution in [1.29, 1.82) is 0 Å². The first-order chi connectivity index (χ1) is 19.2. The summed E-state index contributed by atoms with van der Waals surface area (Å²) >= 11 is 6.31. The number of benzene rings is 2. The van der Waals surface area contributed by atoms with Crippen molar-refractivity contribution in [3.05, 3.63) is 64.7 Å². The fourth-order valence-corrected chi connectivity index (χ4v) is 4.33. The minimum Gasteiger partial charge on any atom is -0.491 e. The van der Waals surface area contributed by atoms with E-state index in [1.54, 1.807) is 25.1 Å². The van der Waals surface area contributed by atoms with E-state index >= 15 is 0 Å². The van der Waals surface area contributed by atoms with Gasteiger partial charge in [0.25, 0.3) is 5.91 Å². The molecule has 0 radical (unpaired) electrons. The molecule has 1 aliphatic carbocycles. The number of amides is 4. The zero-order valence-corrected chi connectivity index (χ0v) is 24.1. The number of nitrogens with one attached hydrogen (secondary N) is 4. The van der Waals surface area contributed by atoms with Gasteiger partial charge in [0.05, 0.1) is 17.7 Å². The fraction of sp³-hybridized carbons (Fsp3) is 0.467. The number of carbonyl (C=O) groups excluding carboxylic acids is 4. The second-order valence-corrected chi connectivity index (χ2v) is 10.9. The van der Waals surface area contributed by atoms with Gasteiger partial charge >= 0.3 is 6.03 Å². The van der Waals surface area contributed by atoms with E-state index in [1.807, 2.05) is 44.2 Å². The molecule has 2 unspecified atom stereocenters. The summed E-state index contributed by atoms with van der Waals surface area (Å²) in [6.07, 6.45) is 2.82. The topological polar surface area (TPSA) is 126 Å². The molecule has 0 heterocycles. The number of hydrogen-bond acceptors (Lipinski definition) is 5. The van der Waals surface area contributed by atoms with Gasteiger partial charge in [0.1, 0.15) is 11.8 Å². The molecule has 2 aromatic carbocycles. The number of urea groups is 1. The summed E-state index contributed by atoms with van der Waals surface area (Å²) in [4.78, 5) is 51.3. The van der Waals surface area contributed by atoms with Crippen molar-refractivity contribution in [2.75, 3.05) is 6.61 Å². The molecule has 0 bridgehead atoms. The molecule has 4 N–H and O–H groups in total. The maximum absolute atomic E-state index is 13.1. The van der Waals surface area contributed by atoms with Gasteiger partial charge < -0.3 is 26.0 Å². The molecule has 1 saturated carbocycles. The zero-order chi connectivity index (χ0) is 29.1. The molecule has 9 nitrogen and oxygen atoms in total. The summed E-state index contributed by atoms with van der Waals surface area (Å²) in [5.41, 5.74) is 1.58. The molecule has 1 aliphatic rings. The molecule has 2 atom stereocenters. The van der Waals surface area contributed by atoms with E-state index in [4.69, 9.17) is 16.3 Å². The van der Waals surface area contributed by atoms with Crippen LogP contribution in [0.2, 0.25) is 5.02 Å². The molecule has 40 heavy (non-hydrogen) atoms. The quantitative estimate of drug-likeness (QED) is 0.240. The van der Waals surface area contributed by atoms with Crippen molar-refractivity contribution in [3.8, 4) is 5.75 Å². The lowest BCUT2D eigenvalue weighted by atomic mass is 10.0. The monoisotopic (exact) mass is 570 g/mol. The third-order valence-electron chi connectivity index (χ3n) is 6.54. The Bertz CT molecular complexity index is 1170. The van der Waals surface area contributed by atoms with E-state index in [9.17, 15) is 19.2 Å². The van der Waals surface area contributed by atoms with Crippen LogP contribution in [0.25, 0.3) is 0 Å². The number of hydrogen-bond donors (Lipinski definition) is 4. The Morgan fingerprint density at radius 1 is 0.925 bits per heavy atom. The van der Waals surface area contributed by atoms with Crippen molar-refractivity contribution < 1.29 is 23.9 Å². The van der Waals surface area contributed by atoms with Gasteiger partial charge in [-0.1, -0.05) is 74.8 Å². The van der Waals surface area contributed by atoms with Crippen LogP contribution in [0, 0.1) is 11.8 Å². The zero-order valence-electron chi connectivity index (χ0n) is 23.3. The molecule has 216 valence electrons. The minimum atomic E-state index is -1.04. The van der Waals surface area contributed by atoms with Crippen LogP contribution in [-0.4, -0.2) is 42.3 Å². The Hall–Kier alpha value is -3.59. The highest BCUT2D eigenvalue weighted by atomic mass is 35.5. The Kier molecular flexibility index (Phi) is 11.8. The summed E-state index contributed by atoms with van der Waals surface area (Å²) in [6, 6.07) is 12.2. The third-order valence-corrected chi connectivity index (χ3v) is 6.84. The molecule has 4 amide bonds. The standard InChI is InChI=1S/C30H39ClN4O5/c1-4-24(26(36)29(38)32-17-22-11-8-12-23(31)27(22)40-18-21-13-14-21)34-28(37)25(15-19(2)3)35-30(39)33-16-20-9-6-5-7-10-20/h5-12,19,21,24-25H,4,13-18H2,1-3H3,(H,32,38)(H,34,37)(H2,33,35,39). The van der Waals surface area contributed by atoms with Gasteiger partial charge in [0.2, 0.25) is 11.7 Å². The summed E-state index contributed by atoms with van der Waals surface area (Å²) < 4.78 is 5.87. The van der Waals surface area contributed by atoms with Gasteiger partial charge in [-0.15, -0.1) is 0 Å². The molecular weight excluding hydrogens is 532 g/mol. The molecule has 0 spiro atoms. The number of ether oxygens (including phenoxy) is 1. The number of carbonyl (C=O) groups is 4. The van der Waals surface area contributed by atoms with Crippen molar-refractivity contribution in [2.24, 2.45) is 11.8 Å². The molecule has 2 aromatic rings. The van der Waals surface area contributed by atoms with E-state index in [2.05, 4.69) is 21.3 Å². The van der Waals surface area contributed by atoms with Crippen molar-refractivity contribution >= 4 is 35.2 Å². The lowest BCUT2D eigenvalue weighted by Crippen LogP contribution is -2.55. The van der Waals surface area contributed by atoms with Crippen LogP contribution in [0.3, 0.4) is 0 Å². The van der Waals surface area contributed by atoms with Gasteiger partial charge in [0.15, 0.2) is 0 Å². The molecule has 10 heteroatoms. The first-order valence-corrected chi connectivity index (χ1v) is 14.2. The highest BCUT2D eigenvalue weighted by Gasteiger charge is 2.30. The highest BCUT2D eigenvalue weighted by molar-refractivity contribution is 6.38. The van der Waals surface area contributed by atoms with Gasteiger partial charge in [-0.05, 0) is 49.1 Å². The lowest BCUT2D eigenvalue weighted by molar-refractivity contribution is -0.140. The van der Waals surface area contributed by atoms with Gasteiger partial charge in [-0.3, -0.25) is 14.4 Å². The maximum Gasteiger partial charge on any atom is 0.315 e. The molecule has 1 fully saturated rings. The Labute approximate surface area is 240 Å². The van der Waals surface area contributed by atoms with Crippen LogP contribution in [0.4, 0.5) is 4.79 Å². The van der Waals surface area contributed by atoms with E-state index in [0.717, 1.165) is 18.4 Å². The van der Waals surface area contributed by atoms with E-state index in [1.165, 1.54) is 0 Å². The predicted octanol–water partition coefficient (Wildman–Crippen LogP) is 4.12. The van der Waals surface area contributed by atoms with Crippen LogP contribution in [0.1, 0.15) is 57.6 Å². The van der Waals surface area contributed by atoms with Gasteiger partial charge in [-0.25, -0.2) is 4.79 Å². The lowest BCUT2D eigenvalue weighted by Gasteiger charge is -2.23. The third kappa shape index (κ3) is 9.86. The molecule has 3 rings (SSSR count). The summed E-state index contributed by atoms with van der Waals surface area (Å²) in [6.45, 7) is 6.47. The second kappa shape index (κ2) is 15.3. The predicted molar refractivity (Wildman–Crippen MR) is 154 cm³/mol. The van der Waals surface area contributed by atoms with E-state index in [-0.39, 0.29) is 18.9 Å². The van der Waals surface area contributed by atoms with Crippen LogP contribution in [0.5, 0.6) is 5.75 Å². The number of rotatable bonds is 15. The molecular formula is C30H39ClN4O5. The summed E-state index contributed by atoms with van der Waals surface area (Å²) in [7, 11) is 0. The normalized spacial score (nSPS) is 14.1. The molecule has 0 aromatic heterocycles. The van der Waals surface area contributed by atoms with Crippen LogP contribution in [0.15, 0.2) is 48.5 Å².